The maximum atomic E-state index is 12.5. The smallest absolute Gasteiger partial charge is 0.252 e. The summed E-state index contributed by atoms with van der Waals surface area (Å²) in [5.74, 6) is 0.846. The molecule has 7 heteroatoms. The van der Waals surface area contributed by atoms with Crippen LogP contribution in [0.25, 0.3) is 10.9 Å². The molecule has 3 rings (SSSR count). The Bertz CT molecular complexity index is 1000. The van der Waals surface area contributed by atoms with Crippen LogP contribution in [0.2, 0.25) is 5.02 Å². The van der Waals surface area contributed by atoms with Gasteiger partial charge in [-0.3, -0.25) is 9.59 Å². The van der Waals surface area contributed by atoms with Gasteiger partial charge in [-0.25, -0.2) is 0 Å². The van der Waals surface area contributed by atoms with Crippen LogP contribution in [0.4, 0.5) is 0 Å². The largest absolute Gasteiger partial charge is 0.493 e. The van der Waals surface area contributed by atoms with Crippen molar-refractivity contribution in [1.82, 2.24) is 10.3 Å². The van der Waals surface area contributed by atoms with Crippen LogP contribution in [-0.2, 0) is 0 Å². The summed E-state index contributed by atoms with van der Waals surface area (Å²) >= 11 is 6.00. The van der Waals surface area contributed by atoms with Crippen LogP contribution >= 0.6 is 11.6 Å². The minimum Gasteiger partial charge on any atom is -0.493 e. The predicted octanol–water partition coefficient (Wildman–Crippen LogP) is 3.00. The molecule has 6 nitrogen and oxygen atoms in total. The highest BCUT2D eigenvalue weighted by atomic mass is 35.5. The first kappa shape index (κ1) is 17.8. The van der Waals surface area contributed by atoms with Crippen molar-refractivity contribution in [3.05, 3.63) is 69.5 Å². The Morgan fingerprint density at radius 1 is 1.15 bits per heavy atom. The molecule has 0 atom stereocenters. The number of nitrogens with one attached hydrogen (secondary N) is 2. The lowest BCUT2D eigenvalue weighted by Gasteiger charge is -2.11. The first-order valence-corrected chi connectivity index (χ1v) is 8.33. The van der Waals surface area contributed by atoms with Crippen molar-refractivity contribution in [3.8, 4) is 11.5 Å². The monoisotopic (exact) mass is 372 g/mol. The number of methoxy groups -OCH3 is 1. The molecule has 26 heavy (non-hydrogen) atoms. The molecule has 0 fully saturated rings. The quantitative estimate of drug-likeness (QED) is 0.652. The lowest BCUT2D eigenvalue weighted by atomic mass is 10.1. The number of halogens is 1. The molecule has 2 N–H and O–H groups in total. The Labute approximate surface area is 154 Å². The second-order valence-electron chi connectivity index (χ2n) is 5.49. The highest BCUT2D eigenvalue weighted by molar-refractivity contribution is 6.31. The first-order valence-electron chi connectivity index (χ1n) is 7.95. The fourth-order valence-corrected chi connectivity index (χ4v) is 2.74. The maximum absolute atomic E-state index is 12.5. The molecule has 134 valence electrons. The lowest BCUT2D eigenvalue weighted by molar-refractivity contribution is 0.0948. The van der Waals surface area contributed by atoms with E-state index in [-0.39, 0.29) is 30.2 Å². The third-order valence-corrected chi connectivity index (χ3v) is 4.00. The van der Waals surface area contributed by atoms with E-state index >= 15 is 0 Å². The topological polar surface area (TPSA) is 80.4 Å². The second kappa shape index (κ2) is 7.93. The summed E-state index contributed by atoms with van der Waals surface area (Å²) in [6.45, 7) is 0.528. The number of hydrogen-bond donors (Lipinski definition) is 2. The van der Waals surface area contributed by atoms with E-state index in [9.17, 15) is 9.59 Å². The molecule has 1 amide bonds. The normalized spacial score (nSPS) is 10.5. The van der Waals surface area contributed by atoms with Crippen LogP contribution in [0.3, 0.4) is 0 Å². The number of pyridine rings is 1. The Kier molecular flexibility index (Phi) is 5.43. The fourth-order valence-electron chi connectivity index (χ4n) is 2.57. The van der Waals surface area contributed by atoms with Gasteiger partial charge in [0, 0.05) is 22.0 Å². The molecule has 0 aliphatic heterocycles. The van der Waals surface area contributed by atoms with E-state index in [0.717, 1.165) is 0 Å². The van der Waals surface area contributed by atoms with Gasteiger partial charge in [-0.2, -0.15) is 0 Å². The number of carbonyl (C=O) groups is 1. The molecular weight excluding hydrogens is 356 g/mol. The number of carbonyl (C=O) groups excluding carboxylic acids is 1. The van der Waals surface area contributed by atoms with Crippen LogP contribution in [0.15, 0.2) is 53.3 Å². The summed E-state index contributed by atoms with van der Waals surface area (Å²) in [6.07, 6.45) is 0. The average molecular weight is 373 g/mol. The summed E-state index contributed by atoms with van der Waals surface area (Å²) < 4.78 is 10.8. The molecule has 0 radical (unpaired) electrons. The van der Waals surface area contributed by atoms with Crippen molar-refractivity contribution in [2.75, 3.05) is 20.3 Å². The molecule has 0 bridgehead atoms. The van der Waals surface area contributed by atoms with Gasteiger partial charge in [0.05, 0.1) is 19.2 Å². The zero-order valence-corrected chi connectivity index (χ0v) is 14.8. The summed E-state index contributed by atoms with van der Waals surface area (Å²) in [4.78, 5) is 26.9. The molecule has 0 spiro atoms. The molecule has 0 unspecified atom stereocenters. The van der Waals surface area contributed by atoms with Gasteiger partial charge in [0.25, 0.3) is 5.91 Å². The Morgan fingerprint density at radius 3 is 2.69 bits per heavy atom. The number of fused-ring (bicyclic) bond motifs is 1. The summed E-state index contributed by atoms with van der Waals surface area (Å²) in [5, 5.41) is 3.81. The van der Waals surface area contributed by atoms with E-state index in [4.69, 9.17) is 21.1 Å². The number of ether oxygens (including phenoxy) is 2. The van der Waals surface area contributed by atoms with E-state index < -0.39 is 0 Å². The zero-order valence-electron chi connectivity index (χ0n) is 14.0. The van der Waals surface area contributed by atoms with Gasteiger partial charge in [0.15, 0.2) is 11.5 Å². The van der Waals surface area contributed by atoms with E-state index in [1.54, 1.807) is 37.4 Å². The van der Waals surface area contributed by atoms with Crippen molar-refractivity contribution in [2.45, 2.75) is 0 Å². The number of rotatable bonds is 6. The van der Waals surface area contributed by atoms with E-state index in [1.165, 1.54) is 6.07 Å². The van der Waals surface area contributed by atoms with Gasteiger partial charge in [0.1, 0.15) is 6.61 Å². The molecular formula is C19H17ClN2O4. The van der Waals surface area contributed by atoms with Crippen LogP contribution in [0, 0.1) is 0 Å². The number of aromatic amines is 1. The van der Waals surface area contributed by atoms with Gasteiger partial charge in [-0.15, -0.1) is 0 Å². The van der Waals surface area contributed by atoms with Gasteiger partial charge in [-0.1, -0.05) is 23.7 Å². The summed E-state index contributed by atoms with van der Waals surface area (Å²) in [6, 6.07) is 13.5. The second-order valence-corrected chi connectivity index (χ2v) is 5.93. The zero-order chi connectivity index (χ0) is 18.5. The molecule has 0 aliphatic carbocycles. The minimum absolute atomic E-state index is 0.258. The molecule has 1 heterocycles. The highest BCUT2D eigenvalue weighted by Crippen LogP contribution is 2.25. The highest BCUT2D eigenvalue weighted by Gasteiger charge is 2.12. The van der Waals surface area contributed by atoms with Gasteiger partial charge in [-0.05, 0) is 30.3 Å². The van der Waals surface area contributed by atoms with Gasteiger partial charge >= 0.3 is 0 Å². The van der Waals surface area contributed by atoms with Crippen molar-refractivity contribution in [3.63, 3.8) is 0 Å². The Morgan fingerprint density at radius 2 is 1.92 bits per heavy atom. The van der Waals surface area contributed by atoms with Crippen LogP contribution in [0.1, 0.15) is 10.4 Å². The van der Waals surface area contributed by atoms with E-state index in [0.29, 0.717) is 27.4 Å². The number of amides is 1. The van der Waals surface area contributed by atoms with Crippen LogP contribution < -0.4 is 20.3 Å². The molecule has 3 aromatic rings. The Balaban J connectivity index is 1.68. The van der Waals surface area contributed by atoms with Gasteiger partial charge < -0.3 is 19.8 Å². The molecule has 2 aromatic carbocycles. The number of H-pyrrole nitrogens is 1. The predicted molar refractivity (Wildman–Crippen MR) is 100 cm³/mol. The van der Waals surface area contributed by atoms with E-state index in [1.807, 2.05) is 12.1 Å². The maximum Gasteiger partial charge on any atom is 0.252 e. The van der Waals surface area contributed by atoms with E-state index in [2.05, 4.69) is 10.3 Å². The first-order chi connectivity index (χ1) is 12.6. The minimum atomic E-state index is -0.369. The van der Waals surface area contributed by atoms with Crippen LogP contribution in [-0.4, -0.2) is 31.2 Å². The third-order valence-electron chi connectivity index (χ3n) is 3.76. The number of para-hydroxylation sites is 2. The lowest BCUT2D eigenvalue weighted by Crippen LogP contribution is -2.29. The molecule has 0 aliphatic rings. The number of hydrogen-bond acceptors (Lipinski definition) is 4. The molecule has 0 saturated heterocycles. The summed E-state index contributed by atoms with van der Waals surface area (Å²) in [7, 11) is 1.56. The van der Waals surface area contributed by atoms with Crippen molar-refractivity contribution in [2.24, 2.45) is 0 Å². The SMILES string of the molecule is COc1ccccc1OCCNC(=O)c1cc(=O)[nH]c2ccc(Cl)cc12. The third kappa shape index (κ3) is 3.97. The van der Waals surface area contributed by atoms with Crippen molar-refractivity contribution >= 4 is 28.4 Å². The summed E-state index contributed by atoms with van der Waals surface area (Å²) in [5.41, 5.74) is 0.469. The van der Waals surface area contributed by atoms with Crippen molar-refractivity contribution in [1.29, 1.82) is 0 Å². The molecule has 1 aromatic heterocycles. The van der Waals surface area contributed by atoms with Gasteiger partial charge in [0.2, 0.25) is 5.56 Å². The number of benzene rings is 2. The van der Waals surface area contributed by atoms with Crippen molar-refractivity contribution < 1.29 is 14.3 Å². The number of aromatic nitrogens is 1. The Hall–Kier alpha value is -2.99. The standard InChI is InChI=1S/C19H17ClN2O4/c1-25-16-4-2-3-5-17(16)26-9-8-21-19(24)14-11-18(23)22-15-7-6-12(20)10-13(14)15/h2-7,10-11H,8-9H2,1H3,(H,21,24)(H,22,23). The average Bonchev–Trinajstić information content (AvgIpc) is 2.65. The molecule has 0 saturated carbocycles. The van der Waals surface area contributed by atoms with Crippen LogP contribution in [0.5, 0.6) is 11.5 Å². The fraction of sp³-hybridized carbons (Fsp3) is 0.158.